The molecule has 10 heteroatoms. The molecule has 0 bridgehead atoms. The van der Waals surface area contributed by atoms with Crippen LogP contribution in [0.25, 0.3) is 11.4 Å². The molecule has 186 valence electrons. The van der Waals surface area contributed by atoms with Gasteiger partial charge in [-0.15, -0.1) is 0 Å². The molecule has 1 aliphatic heterocycles. The smallest absolute Gasteiger partial charge is 0.241 e. The van der Waals surface area contributed by atoms with E-state index in [4.69, 9.17) is 9.26 Å². The highest BCUT2D eigenvalue weighted by Crippen LogP contribution is 2.20. The molecule has 0 saturated carbocycles. The number of methoxy groups -OCH3 is 1. The molecule has 0 atom stereocenters. The Hall–Kier alpha value is -3.24. The second kappa shape index (κ2) is 11.5. The summed E-state index contributed by atoms with van der Waals surface area (Å²) >= 11 is 0. The number of piperazine rings is 1. The number of sulfone groups is 1. The van der Waals surface area contributed by atoms with E-state index in [1.165, 1.54) is 0 Å². The molecule has 0 radical (unpaired) electrons. The van der Waals surface area contributed by atoms with Crippen LogP contribution in [0.2, 0.25) is 0 Å². The Balaban J connectivity index is 1.21. The van der Waals surface area contributed by atoms with Crippen LogP contribution in [0.4, 0.5) is 0 Å². The third kappa shape index (κ3) is 7.12. The van der Waals surface area contributed by atoms with Crippen LogP contribution < -0.4 is 4.74 Å². The largest absolute Gasteiger partial charge is 0.497 e. The topological polar surface area (TPSA) is 106 Å². The molecule has 0 unspecified atom stereocenters. The number of aromatic nitrogens is 2. The molecule has 9 nitrogen and oxygen atoms in total. The van der Waals surface area contributed by atoms with Crippen LogP contribution in [0.5, 0.6) is 5.75 Å². The van der Waals surface area contributed by atoms with Gasteiger partial charge in [0.2, 0.25) is 17.6 Å². The quantitative estimate of drug-likeness (QED) is 0.420. The predicted octanol–water partition coefficient (Wildman–Crippen LogP) is 2.44. The maximum absolute atomic E-state index is 12.6. The second-order valence-corrected chi connectivity index (χ2v) is 10.8. The van der Waals surface area contributed by atoms with Gasteiger partial charge in [-0.3, -0.25) is 9.69 Å². The Morgan fingerprint density at radius 3 is 2.43 bits per heavy atom. The van der Waals surface area contributed by atoms with E-state index in [0.29, 0.717) is 57.3 Å². The molecule has 35 heavy (non-hydrogen) atoms. The van der Waals surface area contributed by atoms with Crippen molar-refractivity contribution in [3.63, 3.8) is 0 Å². The molecule has 0 spiro atoms. The molecule has 1 aromatic heterocycles. The van der Waals surface area contributed by atoms with Gasteiger partial charge in [0.15, 0.2) is 9.84 Å². The summed E-state index contributed by atoms with van der Waals surface area (Å²) in [4.78, 5) is 20.8. The van der Waals surface area contributed by atoms with Crippen molar-refractivity contribution in [2.45, 2.75) is 19.4 Å². The van der Waals surface area contributed by atoms with Crippen molar-refractivity contribution in [1.82, 2.24) is 19.9 Å². The van der Waals surface area contributed by atoms with E-state index in [2.05, 4.69) is 15.0 Å². The van der Waals surface area contributed by atoms with Gasteiger partial charge in [0, 0.05) is 31.7 Å². The molecule has 3 aromatic rings. The molecule has 1 saturated heterocycles. The number of ether oxygens (including phenoxy) is 1. The standard InChI is InChI=1S/C25H30N4O5S/c1-33-22-11-9-21(10-12-22)25-26-23(34-27-25)18-28-13-15-29(16-14-28)24(30)19-35(31,32)17-5-8-20-6-3-2-4-7-20/h2-4,6-7,9-12H,5,8,13-19H2,1H3. The molecular formula is C25H30N4O5S. The van der Waals surface area contributed by atoms with Gasteiger partial charge in [-0.1, -0.05) is 35.5 Å². The van der Waals surface area contributed by atoms with Gasteiger partial charge < -0.3 is 14.2 Å². The van der Waals surface area contributed by atoms with Crippen LogP contribution in [-0.4, -0.2) is 79.1 Å². The molecule has 1 amide bonds. The number of hydrogen-bond donors (Lipinski definition) is 0. The third-order valence-electron chi connectivity index (χ3n) is 6.01. The van der Waals surface area contributed by atoms with Crippen LogP contribution in [-0.2, 0) is 27.6 Å². The lowest BCUT2D eigenvalue weighted by Gasteiger charge is -2.33. The summed E-state index contributed by atoms with van der Waals surface area (Å²) in [7, 11) is -1.82. The Bertz CT molecular complexity index is 1200. The minimum atomic E-state index is -3.44. The maximum atomic E-state index is 12.6. The number of amides is 1. The van der Waals surface area contributed by atoms with Gasteiger partial charge in [0.1, 0.15) is 11.5 Å². The monoisotopic (exact) mass is 498 g/mol. The fourth-order valence-electron chi connectivity index (χ4n) is 4.02. The van der Waals surface area contributed by atoms with E-state index in [9.17, 15) is 13.2 Å². The fourth-order valence-corrected chi connectivity index (χ4v) is 5.30. The number of hydrogen-bond acceptors (Lipinski definition) is 8. The lowest BCUT2D eigenvalue weighted by molar-refractivity contribution is -0.130. The van der Waals surface area contributed by atoms with Crippen LogP contribution in [0.1, 0.15) is 17.9 Å². The number of rotatable bonds is 10. The van der Waals surface area contributed by atoms with Crippen molar-refractivity contribution < 1.29 is 22.5 Å². The number of nitrogens with zero attached hydrogens (tertiary/aromatic N) is 4. The highest BCUT2D eigenvalue weighted by Gasteiger charge is 2.26. The molecule has 4 rings (SSSR count). The van der Waals surface area contributed by atoms with Crippen LogP contribution in [0.15, 0.2) is 59.1 Å². The van der Waals surface area contributed by atoms with Crippen molar-refractivity contribution in [2.75, 3.05) is 44.8 Å². The third-order valence-corrected chi connectivity index (χ3v) is 7.60. The lowest BCUT2D eigenvalue weighted by atomic mass is 10.1. The predicted molar refractivity (Wildman–Crippen MR) is 132 cm³/mol. The van der Waals surface area contributed by atoms with Gasteiger partial charge in [-0.05, 0) is 42.7 Å². The molecule has 2 heterocycles. The van der Waals surface area contributed by atoms with Gasteiger partial charge in [0.25, 0.3) is 0 Å². The number of carbonyl (C=O) groups excluding carboxylic acids is 1. The summed E-state index contributed by atoms with van der Waals surface area (Å²) in [5.74, 6) is 1.01. The highest BCUT2D eigenvalue weighted by molar-refractivity contribution is 7.92. The first-order chi connectivity index (χ1) is 16.9. The summed E-state index contributed by atoms with van der Waals surface area (Å²) in [6.45, 7) is 2.64. The Morgan fingerprint density at radius 1 is 1.03 bits per heavy atom. The number of carbonyl (C=O) groups is 1. The van der Waals surface area contributed by atoms with Gasteiger partial charge in [-0.2, -0.15) is 4.98 Å². The number of aryl methyl sites for hydroxylation is 1. The van der Waals surface area contributed by atoms with Gasteiger partial charge >= 0.3 is 0 Å². The zero-order valence-electron chi connectivity index (χ0n) is 19.8. The lowest BCUT2D eigenvalue weighted by Crippen LogP contribution is -2.49. The van der Waals surface area contributed by atoms with E-state index in [-0.39, 0.29) is 11.7 Å². The fraction of sp³-hybridized carbons (Fsp3) is 0.400. The maximum Gasteiger partial charge on any atom is 0.241 e. The zero-order valence-corrected chi connectivity index (χ0v) is 20.6. The van der Waals surface area contributed by atoms with Gasteiger partial charge in [0.05, 0.1) is 19.4 Å². The van der Waals surface area contributed by atoms with Crippen LogP contribution in [0, 0.1) is 0 Å². The minimum absolute atomic E-state index is 0.0152. The minimum Gasteiger partial charge on any atom is -0.497 e. The average molecular weight is 499 g/mol. The summed E-state index contributed by atoms with van der Waals surface area (Å²) < 4.78 is 35.4. The molecule has 2 aromatic carbocycles. The SMILES string of the molecule is COc1ccc(-c2noc(CN3CCN(C(=O)CS(=O)(=O)CCCc4ccccc4)CC3)n2)cc1. The molecular weight excluding hydrogens is 468 g/mol. The molecule has 1 aliphatic rings. The van der Waals surface area contributed by atoms with Crippen LogP contribution in [0.3, 0.4) is 0 Å². The van der Waals surface area contributed by atoms with Crippen molar-refractivity contribution in [3.8, 4) is 17.1 Å². The second-order valence-electron chi connectivity index (χ2n) is 8.58. The average Bonchev–Trinajstić information content (AvgIpc) is 3.33. The van der Waals surface area contributed by atoms with Crippen molar-refractivity contribution >= 4 is 15.7 Å². The molecule has 0 aliphatic carbocycles. The van der Waals surface area contributed by atoms with E-state index < -0.39 is 15.6 Å². The molecule has 1 fully saturated rings. The normalized spacial score (nSPS) is 14.7. The summed E-state index contributed by atoms with van der Waals surface area (Å²) in [5, 5.41) is 4.05. The van der Waals surface area contributed by atoms with E-state index >= 15 is 0 Å². The van der Waals surface area contributed by atoms with Crippen molar-refractivity contribution in [3.05, 3.63) is 66.1 Å². The van der Waals surface area contributed by atoms with E-state index in [1.54, 1.807) is 12.0 Å². The first kappa shape index (κ1) is 24.9. The summed E-state index contributed by atoms with van der Waals surface area (Å²) in [6, 6.07) is 17.2. The summed E-state index contributed by atoms with van der Waals surface area (Å²) in [5.41, 5.74) is 1.93. The Morgan fingerprint density at radius 2 is 1.74 bits per heavy atom. The van der Waals surface area contributed by atoms with Crippen molar-refractivity contribution in [2.24, 2.45) is 0 Å². The highest BCUT2D eigenvalue weighted by atomic mass is 32.2. The zero-order chi connectivity index (χ0) is 24.7. The van der Waals surface area contributed by atoms with E-state index in [1.807, 2.05) is 54.6 Å². The van der Waals surface area contributed by atoms with Gasteiger partial charge in [-0.25, -0.2) is 8.42 Å². The first-order valence-corrected chi connectivity index (χ1v) is 13.5. The van der Waals surface area contributed by atoms with E-state index in [0.717, 1.165) is 16.9 Å². The Labute approximate surface area is 205 Å². The number of benzene rings is 2. The van der Waals surface area contributed by atoms with Crippen molar-refractivity contribution in [1.29, 1.82) is 0 Å². The van der Waals surface area contributed by atoms with Crippen LogP contribution >= 0.6 is 0 Å². The first-order valence-electron chi connectivity index (χ1n) is 11.6. The summed E-state index contributed by atoms with van der Waals surface area (Å²) in [6.07, 6.45) is 1.19. The molecule has 0 N–H and O–H groups in total. The Kier molecular flexibility index (Phi) is 8.14.